The average molecular weight is 336 g/mol. The van der Waals surface area contributed by atoms with E-state index >= 15 is 0 Å². The fraction of sp³-hybridized carbons (Fsp3) is 0.0588. The minimum atomic E-state index is 0.287. The van der Waals surface area contributed by atoms with E-state index in [1.807, 2.05) is 36.4 Å². The lowest BCUT2D eigenvalue weighted by atomic mass is 10.3. The standard InChI is InChI=1S/C17H16N6O2/c1-24-22-10-14-16(18)20-11-21-17(14)23-12-7-8-15(19-9-12)25-13-5-3-2-4-6-13/h2-11H,1H3,(H3,18,20,21,23)/b22-10+. The van der Waals surface area contributed by atoms with Crippen LogP contribution in [-0.4, -0.2) is 28.3 Å². The van der Waals surface area contributed by atoms with Crippen molar-refractivity contribution in [3.63, 3.8) is 0 Å². The molecule has 0 saturated heterocycles. The molecule has 0 aliphatic rings. The van der Waals surface area contributed by atoms with E-state index in [-0.39, 0.29) is 5.82 Å². The number of para-hydroxylation sites is 1. The van der Waals surface area contributed by atoms with Gasteiger partial charge in [0, 0.05) is 6.07 Å². The second kappa shape index (κ2) is 7.73. The van der Waals surface area contributed by atoms with E-state index in [9.17, 15) is 0 Å². The number of anilines is 3. The van der Waals surface area contributed by atoms with Gasteiger partial charge in [0.05, 0.1) is 23.7 Å². The summed E-state index contributed by atoms with van der Waals surface area (Å²) in [4.78, 5) is 17.1. The molecule has 0 radical (unpaired) electrons. The highest BCUT2D eigenvalue weighted by molar-refractivity contribution is 5.92. The molecule has 3 N–H and O–H groups in total. The Hall–Kier alpha value is -3.68. The largest absolute Gasteiger partial charge is 0.439 e. The molecule has 25 heavy (non-hydrogen) atoms. The lowest BCUT2D eigenvalue weighted by molar-refractivity contribution is 0.215. The van der Waals surface area contributed by atoms with Gasteiger partial charge in [-0.2, -0.15) is 0 Å². The molecule has 0 spiro atoms. The van der Waals surface area contributed by atoms with Crippen molar-refractivity contribution < 1.29 is 9.57 Å². The summed E-state index contributed by atoms with van der Waals surface area (Å²) in [5.74, 6) is 1.99. The second-order valence-electron chi connectivity index (χ2n) is 4.86. The number of nitrogens with zero attached hydrogens (tertiary/aromatic N) is 4. The third-order valence-electron chi connectivity index (χ3n) is 3.17. The van der Waals surface area contributed by atoms with Crippen LogP contribution in [0, 0.1) is 0 Å². The van der Waals surface area contributed by atoms with Gasteiger partial charge >= 0.3 is 0 Å². The molecule has 2 heterocycles. The summed E-state index contributed by atoms with van der Waals surface area (Å²) in [6.07, 6.45) is 4.44. The summed E-state index contributed by atoms with van der Waals surface area (Å²) in [6, 6.07) is 13.0. The van der Waals surface area contributed by atoms with Crippen molar-refractivity contribution in [3.05, 3.63) is 60.6 Å². The molecule has 8 nitrogen and oxygen atoms in total. The highest BCUT2D eigenvalue weighted by Crippen LogP contribution is 2.23. The Morgan fingerprint density at radius 1 is 1.08 bits per heavy atom. The number of benzene rings is 1. The van der Waals surface area contributed by atoms with Crippen LogP contribution in [0.25, 0.3) is 0 Å². The Balaban J connectivity index is 1.76. The minimum absolute atomic E-state index is 0.287. The van der Waals surface area contributed by atoms with Gasteiger partial charge in [-0.05, 0) is 18.2 Å². The quantitative estimate of drug-likeness (QED) is 0.526. The Morgan fingerprint density at radius 2 is 1.92 bits per heavy atom. The second-order valence-corrected chi connectivity index (χ2v) is 4.86. The molecular weight excluding hydrogens is 320 g/mol. The molecule has 0 unspecified atom stereocenters. The molecular formula is C17H16N6O2. The van der Waals surface area contributed by atoms with Crippen LogP contribution in [0.4, 0.5) is 17.3 Å². The van der Waals surface area contributed by atoms with Crippen molar-refractivity contribution in [1.82, 2.24) is 15.0 Å². The highest BCUT2D eigenvalue weighted by Gasteiger charge is 2.08. The van der Waals surface area contributed by atoms with E-state index in [0.717, 1.165) is 5.75 Å². The van der Waals surface area contributed by atoms with Gasteiger partial charge < -0.3 is 20.6 Å². The molecule has 2 aromatic heterocycles. The maximum atomic E-state index is 5.85. The highest BCUT2D eigenvalue weighted by atomic mass is 16.6. The zero-order valence-electron chi connectivity index (χ0n) is 13.5. The van der Waals surface area contributed by atoms with Gasteiger partial charge in [0.25, 0.3) is 0 Å². The van der Waals surface area contributed by atoms with Crippen LogP contribution in [0.3, 0.4) is 0 Å². The molecule has 1 aromatic carbocycles. The SMILES string of the molecule is CO/N=C/c1c(N)ncnc1Nc1ccc(Oc2ccccc2)nc1. The topological polar surface area (TPSA) is 108 Å². The molecule has 8 heteroatoms. The Morgan fingerprint density at radius 3 is 2.64 bits per heavy atom. The number of hydrogen-bond donors (Lipinski definition) is 2. The molecule has 3 rings (SSSR count). The number of hydrogen-bond acceptors (Lipinski definition) is 8. The number of aromatic nitrogens is 3. The van der Waals surface area contributed by atoms with Gasteiger partial charge in [-0.15, -0.1) is 0 Å². The van der Waals surface area contributed by atoms with E-state index in [2.05, 4.69) is 30.3 Å². The van der Waals surface area contributed by atoms with Crippen molar-refractivity contribution >= 4 is 23.5 Å². The predicted molar refractivity (Wildman–Crippen MR) is 95.1 cm³/mol. The summed E-state index contributed by atoms with van der Waals surface area (Å²) in [6.45, 7) is 0. The Kier molecular flexibility index (Phi) is 5.01. The number of rotatable bonds is 6. The van der Waals surface area contributed by atoms with Crippen LogP contribution in [0.2, 0.25) is 0 Å². The lowest BCUT2D eigenvalue weighted by Gasteiger charge is -2.10. The Labute approximate surface area is 144 Å². The third-order valence-corrected chi connectivity index (χ3v) is 3.17. The minimum Gasteiger partial charge on any atom is -0.439 e. The van der Waals surface area contributed by atoms with Gasteiger partial charge in [-0.25, -0.2) is 15.0 Å². The maximum absolute atomic E-state index is 5.85. The van der Waals surface area contributed by atoms with Gasteiger partial charge in [0.2, 0.25) is 5.88 Å². The smallest absolute Gasteiger partial charge is 0.219 e. The molecule has 0 saturated carbocycles. The van der Waals surface area contributed by atoms with Crippen LogP contribution in [0.15, 0.2) is 60.1 Å². The van der Waals surface area contributed by atoms with E-state index in [4.69, 9.17) is 10.5 Å². The molecule has 3 aromatic rings. The fourth-order valence-electron chi connectivity index (χ4n) is 2.00. The van der Waals surface area contributed by atoms with Gasteiger partial charge in [-0.3, -0.25) is 0 Å². The number of ether oxygens (including phenoxy) is 1. The average Bonchev–Trinajstić information content (AvgIpc) is 2.64. The van der Waals surface area contributed by atoms with Crippen LogP contribution in [0.1, 0.15) is 5.56 Å². The van der Waals surface area contributed by atoms with Gasteiger partial charge in [-0.1, -0.05) is 23.4 Å². The third kappa shape index (κ3) is 4.20. The predicted octanol–water partition coefficient (Wildman–Crippen LogP) is 2.97. The van der Waals surface area contributed by atoms with E-state index in [0.29, 0.717) is 22.9 Å². The number of nitrogen functional groups attached to an aromatic ring is 1. The zero-order valence-corrected chi connectivity index (χ0v) is 13.5. The number of nitrogens with one attached hydrogen (secondary N) is 1. The molecule has 0 aliphatic carbocycles. The molecule has 126 valence electrons. The lowest BCUT2D eigenvalue weighted by Crippen LogP contribution is -2.05. The van der Waals surface area contributed by atoms with Gasteiger partial charge in [0.1, 0.15) is 30.8 Å². The summed E-state index contributed by atoms with van der Waals surface area (Å²) in [5, 5.41) is 6.82. The van der Waals surface area contributed by atoms with Crippen LogP contribution in [0.5, 0.6) is 11.6 Å². The van der Waals surface area contributed by atoms with Crippen molar-refractivity contribution in [2.24, 2.45) is 5.16 Å². The first kappa shape index (κ1) is 16.2. The first-order chi connectivity index (χ1) is 12.3. The van der Waals surface area contributed by atoms with Crippen LogP contribution < -0.4 is 15.8 Å². The summed E-state index contributed by atoms with van der Waals surface area (Å²) >= 11 is 0. The van der Waals surface area contributed by atoms with Gasteiger partial charge in [0.15, 0.2) is 0 Å². The molecule has 0 bridgehead atoms. The number of pyridine rings is 1. The van der Waals surface area contributed by atoms with Crippen molar-refractivity contribution in [2.45, 2.75) is 0 Å². The first-order valence-corrected chi connectivity index (χ1v) is 7.39. The van der Waals surface area contributed by atoms with Crippen molar-refractivity contribution in [2.75, 3.05) is 18.2 Å². The summed E-state index contributed by atoms with van der Waals surface area (Å²) in [5.41, 5.74) is 7.09. The molecule has 0 fully saturated rings. The van der Waals surface area contributed by atoms with Crippen LogP contribution in [-0.2, 0) is 4.84 Å². The molecule has 0 atom stereocenters. The fourth-order valence-corrected chi connectivity index (χ4v) is 2.00. The Bertz CT molecular complexity index is 853. The number of nitrogens with two attached hydrogens (primary N) is 1. The number of oxime groups is 1. The van der Waals surface area contributed by atoms with Crippen molar-refractivity contribution in [1.29, 1.82) is 0 Å². The monoisotopic (exact) mass is 336 g/mol. The normalized spacial score (nSPS) is 10.6. The maximum Gasteiger partial charge on any atom is 0.219 e. The first-order valence-electron chi connectivity index (χ1n) is 7.39. The van der Waals surface area contributed by atoms with Crippen molar-refractivity contribution in [3.8, 4) is 11.6 Å². The van der Waals surface area contributed by atoms with E-state index in [1.54, 1.807) is 12.3 Å². The molecule has 0 amide bonds. The van der Waals surface area contributed by atoms with E-state index < -0.39 is 0 Å². The zero-order chi connectivity index (χ0) is 17.5. The summed E-state index contributed by atoms with van der Waals surface area (Å²) in [7, 11) is 1.44. The summed E-state index contributed by atoms with van der Waals surface area (Å²) < 4.78 is 5.66. The van der Waals surface area contributed by atoms with E-state index in [1.165, 1.54) is 19.7 Å². The van der Waals surface area contributed by atoms with Crippen LogP contribution >= 0.6 is 0 Å². The molecule has 0 aliphatic heterocycles.